The predicted molar refractivity (Wildman–Crippen MR) is 98.3 cm³/mol. The summed E-state index contributed by atoms with van der Waals surface area (Å²) < 4.78 is 21.6. The quantitative estimate of drug-likeness (QED) is 0.778. The van der Waals surface area contributed by atoms with Gasteiger partial charge in [-0.2, -0.15) is 0 Å². The summed E-state index contributed by atoms with van der Waals surface area (Å²) in [6, 6.07) is 11.6. The summed E-state index contributed by atoms with van der Waals surface area (Å²) in [6.45, 7) is 2.43. The summed E-state index contributed by atoms with van der Waals surface area (Å²) in [6.07, 6.45) is 1.25. The molecule has 0 bridgehead atoms. The molecule has 0 amide bonds. The zero-order valence-corrected chi connectivity index (χ0v) is 15.3. The molecule has 2 heterocycles. The normalized spacial score (nSPS) is 17.6. The third-order valence-electron chi connectivity index (χ3n) is 5.53. The summed E-state index contributed by atoms with van der Waals surface area (Å²) in [5.74, 6) is 2.82. The summed E-state index contributed by atoms with van der Waals surface area (Å²) in [5, 5.41) is 20.2. The van der Waals surface area contributed by atoms with Crippen molar-refractivity contribution in [2.75, 3.05) is 26.8 Å². The van der Waals surface area contributed by atoms with Gasteiger partial charge in [-0.3, -0.25) is 0 Å². The molecule has 2 atom stereocenters. The molecule has 27 heavy (non-hydrogen) atoms. The van der Waals surface area contributed by atoms with E-state index in [1.165, 1.54) is 0 Å². The molecule has 0 saturated heterocycles. The molecule has 0 unspecified atom stereocenters. The van der Waals surface area contributed by atoms with Gasteiger partial charge in [0.1, 0.15) is 0 Å². The van der Waals surface area contributed by atoms with Crippen LogP contribution in [0, 0.1) is 11.3 Å². The summed E-state index contributed by atoms with van der Waals surface area (Å²) >= 11 is 0. The highest BCUT2D eigenvalue weighted by Crippen LogP contribution is 2.39. The van der Waals surface area contributed by atoms with Crippen molar-refractivity contribution in [3.05, 3.63) is 47.5 Å². The van der Waals surface area contributed by atoms with Crippen LogP contribution in [0.4, 0.5) is 0 Å². The van der Waals surface area contributed by atoms with E-state index < -0.39 is 5.41 Å². The molecule has 2 aliphatic rings. The summed E-state index contributed by atoms with van der Waals surface area (Å²) in [5.41, 5.74) is 1.60. The minimum absolute atomic E-state index is 0.0178. The molecule has 0 fully saturated rings. The Balaban J connectivity index is 1.53. The third-order valence-corrected chi connectivity index (χ3v) is 5.53. The van der Waals surface area contributed by atoms with Crippen molar-refractivity contribution < 1.29 is 29.2 Å². The number of hydrogen-bond acceptors (Lipinski definition) is 6. The number of aliphatic hydroxyl groups is 2. The highest BCUT2D eigenvalue weighted by Gasteiger charge is 2.34. The van der Waals surface area contributed by atoms with Gasteiger partial charge < -0.3 is 29.2 Å². The number of aliphatic hydroxyl groups excluding tert-OH is 2. The highest BCUT2D eigenvalue weighted by molar-refractivity contribution is 5.45. The van der Waals surface area contributed by atoms with Gasteiger partial charge >= 0.3 is 0 Å². The van der Waals surface area contributed by atoms with E-state index in [0.717, 1.165) is 34.1 Å². The van der Waals surface area contributed by atoms with Crippen molar-refractivity contribution in [3.63, 3.8) is 0 Å². The Kier molecular flexibility index (Phi) is 4.85. The molecule has 2 aliphatic heterocycles. The van der Waals surface area contributed by atoms with Gasteiger partial charge in [-0.15, -0.1) is 0 Å². The SMILES string of the molecule is C[C@@](CO)(Cc1ccc2c(c1)OCO2)[C@H](CO)Cc1ccc2c(c1)OCO2. The van der Waals surface area contributed by atoms with Crippen LogP contribution in [0.25, 0.3) is 0 Å². The number of fused-ring (bicyclic) bond motifs is 2. The lowest BCUT2D eigenvalue weighted by Gasteiger charge is -2.35. The fourth-order valence-corrected chi connectivity index (χ4v) is 3.73. The first-order valence-corrected chi connectivity index (χ1v) is 9.10. The van der Waals surface area contributed by atoms with Crippen molar-refractivity contribution in [2.24, 2.45) is 11.3 Å². The molecule has 2 aromatic carbocycles. The van der Waals surface area contributed by atoms with Crippen LogP contribution in [0.1, 0.15) is 18.1 Å². The van der Waals surface area contributed by atoms with E-state index in [4.69, 9.17) is 18.9 Å². The van der Waals surface area contributed by atoms with Crippen LogP contribution >= 0.6 is 0 Å². The van der Waals surface area contributed by atoms with Gasteiger partial charge in [0.05, 0.1) is 0 Å². The Morgan fingerprint density at radius 2 is 1.41 bits per heavy atom. The number of benzene rings is 2. The van der Waals surface area contributed by atoms with Crippen LogP contribution < -0.4 is 18.9 Å². The van der Waals surface area contributed by atoms with E-state index in [9.17, 15) is 10.2 Å². The average molecular weight is 372 g/mol. The Hall–Kier alpha value is -2.44. The largest absolute Gasteiger partial charge is 0.454 e. The Labute approximate surface area is 158 Å². The average Bonchev–Trinajstić information content (AvgIpc) is 3.34. The number of rotatable bonds is 7. The topological polar surface area (TPSA) is 77.4 Å². The first-order chi connectivity index (χ1) is 13.1. The van der Waals surface area contributed by atoms with Gasteiger partial charge in [-0.05, 0) is 59.6 Å². The second-order valence-corrected chi connectivity index (χ2v) is 7.45. The fourth-order valence-electron chi connectivity index (χ4n) is 3.73. The molecule has 0 radical (unpaired) electrons. The van der Waals surface area contributed by atoms with Crippen LogP contribution in [-0.2, 0) is 12.8 Å². The maximum atomic E-state index is 10.2. The molecule has 6 nitrogen and oxygen atoms in total. The lowest BCUT2D eigenvalue weighted by atomic mass is 9.71. The Bertz CT molecular complexity index is 820. The second-order valence-electron chi connectivity index (χ2n) is 7.45. The van der Waals surface area contributed by atoms with Crippen LogP contribution in [0.3, 0.4) is 0 Å². The molecular formula is C21H24O6. The predicted octanol–water partition coefficient (Wildman–Crippen LogP) is 2.54. The lowest BCUT2D eigenvalue weighted by Crippen LogP contribution is -2.37. The van der Waals surface area contributed by atoms with E-state index in [-0.39, 0.29) is 32.7 Å². The van der Waals surface area contributed by atoms with Gasteiger partial charge in [0.25, 0.3) is 0 Å². The van der Waals surface area contributed by atoms with Crippen LogP contribution in [-0.4, -0.2) is 37.0 Å². The van der Waals surface area contributed by atoms with E-state index >= 15 is 0 Å². The summed E-state index contributed by atoms with van der Waals surface area (Å²) in [4.78, 5) is 0. The molecule has 0 spiro atoms. The van der Waals surface area contributed by atoms with Crippen LogP contribution in [0.5, 0.6) is 23.0 Å². The fraction of sp³-hybridized carbons (Fsp3) is 0.429. The van der Waals surface area contributed by atoms with Crippen molar-refractivity contribution in [3.8, 4) is 23.0 Å². The maximum Gasteiger partial charge on any atom is 0.231 e. The molecular weight excluding hydrogens is 348 g/mol. The molecule has 0 aromatic heterocycles. The van der Waals surface area contributed by atoms with E-state index in [2.05, 4.69) is 0 Å². The minimum atomic E-state index is -0.487. The highest BCUT2D eigenvalue weighted by atomic mass is 16.7. The Morgan fingerprint density at radius 1 is 0.852 bits per heavy atom. The molecule has 2 aromatic rings. The van der Waals surface area contributed by atoms with Gasteiger partial charge in [0, 0.05) is 13.2 Å². The van der Waals surface area contributed by atoms with Crippen molar-refractivity contribution in [1.82, 2.24) is 0 Å². The smallest absolute Gasteiger partial charge is 0.231 e. The molecule has 2 N–H and O–H groups in total. The molecule has 6 heteroatoms. The third kappa shape index (κ3) is 3.55. The zero-order valence-electron chi connectivity index (χ0n) is 15.3. The second kappa shape index (κ2) is 7.29. The van der Waals surface area contributed by atoms with Crippen molar-refractivity contribution in [1.29, 1.82) is 0 Å². The Morgan fingerprint density at radius 3 is 2.00 bits per heavy atom. The maximum absolute atomic E-state index is 10.2. The van der Waals surface area contributed by atoms with E-state index in [1.807, 2.05) is 43.3 Å². The van der Waals surface area contributed by atoms with Gasteiger partial charge in [-0.25, -0.2) is 0 Å². The molecule has 0 saturated carbocycles. The number of ether oxygens (including phenoxy) is 4. The van der Waals surface area contributed by atoms with Gasteiger partial charge in [0.2, 0.25) is 13.6 Å². The lowest BCUT2D eigenvalue weighted by molar-refractivity contribution is 0.0416. The summed E-state index contributed by atoms with van der Waals surface area (Å²) in [7, 11) is 0. The van der Waals surface area contributed by atoms with Gasteiger partial charge in [-0.1, -0.05) is 19.1 Å². The molecule has 4 rings (SSSR count). The van der Waals surface area contributed by atoms with Gasteiger partial charge in [0.15, 0.2) is 23.0 Å². The number of hydrogen-bond donors (Lipinski definition) is 2. The standard InChI is InChI=1S/C21H24O6/c1-21(11-23,9-15-3-5-18-20(8-15)27-13-25-18)16(10-22)6-14-2-4-17-19(7-14)26-12-24-17/h2-5,7-8,16,22-23H,6,9-13H2,1H3/t16-,21-/m0/s1. The van der Waals surface area contributed by atoms with Crippen molar-refractivity contribution in [2.45, 2.75) is 19.8 Å². The first kappa shape index (κ1) is 17.9. The monoisotopic (exact) mass is 372 g/mol. The first-order valence-electron chi connectivity index (χ1n) is 9.10. The van der Waals surface area contributed by atoms with Crippen molar-refractivity contribution >= 4 is 0 Å². The van der Waals surface area contributed by atoms with E-state index in [1.54, 1.807) is 0 Å². The van der Waals surface area contributed by atoms with Crippen LogP contribution in [0.2, 0.25) is 0 Å². The van der Waals surface area contributed by atoms with E-state index in [0.29, 0.717) is 12.8 Å². The zero-order chi connectivity index (χ0) is 18.9. The minimum Gasteiger partial charge on any atom is -0.454 e. The molecule has 144 valence electrons. The molecule has 0 aliphatic carbocycles. The van der Waals surface area contributed by atoms with Crippen LogP contribution in [0.15, 0.2) is 36.4 Å².